The number of anilines is 1. The van der Waals surface area contributed by atoms with Gasteiger partial charge in [-0.15, -0.1) is 0 Å². The summed E-state index contributed by atoms with van der Waals surface area (Å²) in [6, 6.07) is 17.3. The van der Waals surface area contributed by atoms with Crippen molar-refractivity contribution in [3.63, 3.8) is 0 Å². The lowest BCUT2D eigenvalue weighted by molar-refractivity contribution is -0.127. The van der Waals surface area contributed by atoms with E-state index in [2.05, 4.69) is 28.4 Å². The topological polar surface area (TPSA) is 108 Å². The van der Waals surface area contributed by atoms with Crippen LogP contribution in [0.15, 0.2) is 73.6 Å². The minimum absolute atomic E-state index is 0.0444. The van der Waals surface area contributed by atoms with E-state index in [0.717, 1.165) is 24.2 Å². The molecule has 9 nitrogen and oxygen atoms in total. The molecule has 1 aliphatic rings. The van der Waals surface area contributed by atoms with E-state index in [9.17, 15) is 4.79 Å². The summed E-state index contributed by atoms with van der Waals surface area (Å²) in [7, 11) is 0. The Morgan fingerprint density at radius 3 is 2.82 bits per heavy atom. The van der Waals surface area contributed by atoms with Crippen LogP contribution in [0.25, 0.3) is 11.0 Å². The number of likely N-dealkylation sites (tertiary alicyclic amines) is 1. The zero-order valence-electron chi connectivity index (χ0n) is 20.9. The zero-order valence-corrected chi connectivity index (χ0v) is 20.9. The minimum atomic E-state index is -0.0897. The average Bonchev–Trinajstić information content (AvgIpc) is 3.34. The first-order valence-corrected chi connectivity index (χ1v) is 12.4. The molecule has 1 fully saturated rings. The lowest BCUT2D eigenvalue weighted by atomic mass is 10.1. The van der Waals surface area contributed by atoms with E-state index in [-0.39, 0.29) is 18.6 Å². The van der Waals surface area contributed by atoms with Gasteiger partial charge in [-0.2, -0.15) is 5.10 Å². The summed E-state index contributed by atoms with van der Waals surface area (Å²) in [6.07, 6.45) is 4.48. The SMILES string of the molecule is C=CC(=O)N1CCCC(n2nc(C#CCOc3cccc(COc4ccccc4)c3)c3c(N)ncnc32)C1. The summed E-state index contributed by atoms with van der Waals surface area (Å²) in [5, 5.41) is 5.33. The molecule has 9 heteroatoms. The van der Waals surface area contributed by atoms with Crippen molar-refractivity contribution < 1.29 is 14.3 Å². The van der Waals surface area contributed by atoms with E-state index in [0.29, 0.717) is 48.0 Å². The molecule has 3 heterocycles. The molecule has 0 saturated carbocycles. The van der Waals surface area contributed by atoms with E-state index >= 15 is 0 Å². The number of hydrogen-bond acceptors (Lipinski definition) is 7. The molecule has 1 amide bonds. The number of fused-ring (bicyclic) bond motifs is 1. The van der Waals surface area contributed by atoms with Crippen molar-refractivity contribution >= 4 is 22.8 Å². The Hall–Kier alpha value is -4.84. The van der Waals surface area contributed by atoms with E-state index in [4.69, 9.17) is 20.3 Å². The predicted octanol–water partition coefficient (Wildman–Crippen LogP) is 3.77. The molecule has 0 aliphatic carbocycles. The van der Waals surface area contributed by atoms with Crippen LogP contribution in [0.2, 0.25) is 0 Å². The van der Waals surface area contributed by atoms with E-state index in [1.165, 1.54) is 12.4 Å². The molecule has 1 saturated heterocycles. The molecule has 2 aromatic heterocycles. The first-order valence-electron chi connectivity index (χ1n) is 12.4. The highest BCUT2D eigenvalue weighted by Crippen LogP contribution is 2.28. The smallest absolute Gasteiger partial charge is 0.246 e. The fraction of sp³-hybridized carbons (Fsp3) is 0.241. The van der Waals surface area contributed by atoms with Crippen molar-refractivity contribution in [2.75, 3.05) is 25.4 Å². The van der Waals surface area contributed by atoms with Crippen LogP contribution in [0.5, 0.6) is 11.5 Å². The number of benzene rings is 2. The molecule has 1 aliphatic heterocycles. The molecular formula is C29H28N6O3. The second kappa shape index (κ2) is 11.5. The van der Waals surface area contributed by atoms with Gasteiger partial charge in [-0.25, -0.2) is 14.6 Å². The second-order valence-electron chi connectivity index (χ2n) is 8.87. The number of piperidine rings is 1. The number of aromatic nitrogens is 4. The van der Waals surface area contributed by atoms with Crippen molar-refractivity contribution in [1.29, 1.82) is 0 Å². The number of carbonyl (C=O) groups excluding carboxylic acids is 1. The van der Waals surface area contributed by atoms with Gasteiger partial charge in [0.25, 0.3) is 0 Å². The van der Waals surface area contributed by atoms with Gasteiger partial charge in [-0.3, -0.25) is 4.79 Å². The zero-order chi connectivity index (χ0) is 26.3. The van der Waals surface area contributed by atoms with Crippen LogP contribution in [0, 0.1) is 11.8 Å². The monoisotopic (exact) mass is 508 g/mol. The van der Waals surface area contributed by atoms with Crippen molar-refractivity contribution in [3.8, 4) is 23.3 Å². The number of ether oxygens (including phenoxy) is 2. The molecule has 0 spiro atoms. The summed E-state index contributed by atoms with van der Waals surface area (Å²) < 4.78 is 13.5. The molecule has 1 unspecified atom stereocenters. The Morgan fingerprint density at radius 2 is 1.97 bits per heavy atom. The summed E-state index contributed by atoms with van der Waals surface area (Å²) in [6.45, 7) is 5.42. The second-order valence-corrected chi connectivity index (χ2v) is 8.87. The van der Waals surface area contributed by atoms with Crippen LogP contribution in [0.1, 0.15) is 30.1 Å². The van der Waals surface area contributed by atoms with Gasteiger partial charge in [0.05, 0.1) is 11.4 Å². The van der Waals surface area contributed by atoms with Crippen LogP contribution >= 0.6 is 0 Å². The number of rotatable bonds is 7. The molecular weight excluding hydrogens is 480 g/mol. The number of amides is 1. The number of nitrogens with two attached hydrogens (primary N) is 1. The highest BCUT2D eigenvalue weighted by Gasteiger charge is 2.27. The average molecular weight is 509 g/mol. The fourth-order valence-electron chi connectivity index (χ4n) is 4.47. The predicted molar refractivity (Wildman–Crippen MR) is 144 cm³/mol. The maximum atomic E-state index is 12.2. The van der Waals surface area contributed by atoms with Crippen LogP contribution in [0.3, 0.4) is 0 Å². The van der Waals surface area contributed by atoms with Gasteiger partial charge in [0.15, 0.2) is 5.65 Å². The minimum Gasteiger partial charge on any atom is -0.489 e. The maximum Gasteiger partial charge on any atom is 0.246 e. The lowest BCUT2D eigenvalue weighted by Crippen LogP contribution is -2.40. The largest absolute Gasteiger partial charge is 0.489 e. The third-order valence-corrected chi connectivity index (χ3v) is 6.31. The first kappa shape index (κ1) is 24.8. The van der Waals surface area contributed by atoms with Crippen molar-refractivity contribution in [2.24, 2.45) is 0 Å². The van der Waals surface area contributed by atoms with E-state index in [1.807, 2.05) is 59.3 Å². The summed E-state index contributed by atoms with van der Waals surface area (Å²) >= 11 is 0. The molecule has 0 bridgehead atoms. The van der Waals surface area contributed by atoms with Gasteiger partial charge in [-0.1, -0.05) is 42.8 Å². The molecule has 38 heavy (non-hydrogen) atoms. The Kier molecular flexibility index (Phi) is 7.50. The van der Waals surface area contributed by atoms with Crippen molar-refractivity contribution in [1.82, 2.24) is 24.6 Å². The van der Waals surface area contributed by atoms with Crippen LogP contribution in [-0.4, -0.2) is 50.3 Å². The summed E-state index contributed by atoms with van der Waals surface area (Å²) in [5.74, 6) is 7.84. The van der Waals surface area contributed by atoms with Gasteiger partial charge < -0.3 is 20.1 Å². The fourth-order valence-corrected chi connectivity index (χ4v) is 4.47. The molecule has 2 N–H and O–H groups in total. The van der Waals surface area contributed by atoms with Gasteiger partial charge in [-0.05, 0) is 54.7 Å². The van der Waals surface area contributed by atoms with Gasteiger partial charge in [0.2, 0.25) is 5.91 Å². The Bertz CT molecular complexity index is 1510. The third-order valence-electron chi connectivity index (χ3n) is 6.31. The van der Waals surface area contributed by atoms with Gasteiger partial charge in [0.1, 0.15) is 42.6 Å². The third kappa shape index (κ3) is 5.60. The lowest BCUT2D eigenvalue weighted by Gasteiger charge is -2.32. The highest BCUT2D eigenvalue weighted by atomic mass is 16.5. The molecule has 192 valence electrons. The van der Waals surface area contributed by atoms with E-state index in [1.54, 1.807) is 4.90 Å². The quantitative estimate of drug-likeness (QED) is 0.299. The summed E-state index contributed by atoms with van der Waals surface area (Å²) in [4.78, 5) is 22.5. The van der Waals surface area contributed by atoms with Gasteiger partial charge >= 0.3 is 0 Å². The van der Waals surface area contributed by atoms with Crippen LogP contribution in [-0.2, 0) is 11.4 Å². The Balaban J connectivity index is 1.29. The van der Waals surface area contributed by atoms with Crippen LogP contribution < -0.4 is 15.2 Å². The molecule has 5 rings (SSSR count). The standard InChI is InChI=1S/C29H28N6O3/c1-2-26(36)34-15-7-10-22(18-34)35-29-27(28(30)31-20-32-29)25(33-35)14-8-16-37-24-13-6-9-21(17-24)19-38-23-11-4-3-5-12-23/h2-6,9,11-13,17,20,22H,1,7,10,15-16,18-19H2,(H2,30,31,32). The van der Waals surface area contributed by atoms with Crippen molar-refractivity contribution in [3.05, 3.63) is 84.8 Å². The normalized spacial score (nSPS) is 14.9. The number of nitrogen functional groups attached to an aromatic ring is 1. The Morgan fingerprint density at radius 1 is 1.13 bits per heavy atom. The number of carbonyl (C=O) groups is 1. The first-order chi connectivity index (χ1) is 18.6. The number of hydrogen-bond donors (Lipinski definition) is 1. The van der Waals surface area contributed by atoms with Gasteiger partial charge in [0, 0.05) is 13.1 Å². The molecule has 0 radical (unpaired) electrons. The molecule has 2 aromatic carbocycles. The maximum absolute atomic E-state index is 12.2. The summed E-state index contributed by atoms with van der Waals surface area (Å²) in [5.41, 5.74) is 8.27. The number of para-hydroxylation sites is 1. The van der Waals surface area contributed by atoms with Crippen molar-refractivity contribution in [2.45, 2.75) is 25.5 Å². The molecule has 1 atom stereocenters. The number of nitrogens with zero attached hydrogens (tertiary/aromatic N) is 5. The Labute approximate surface area is 220 Å². The molecule has 4 aromatic rings. The van der Waals surface area contributed by atoms with E-state index < -0.39 is 0 Å². The van der Waals surface area contributed by atoms with Crippen LogP contribution in [0.4, 0.5) is 5.82 Å². The highest BCUT2D eigenvalue weighted by molar-refractivity contribution is 5.90.